The number of likely N-dealkylation sites (tertiary alicyclic amines) is 1. The van der Waals surface area contributed by atoms with Gasteiger partial charge in [0.1, 0.15) is 0 Å². The van der Waals surface area contributed by atoms with Gasteiger partial charge in [0.25, 0.3) is 0 Å². The van der Waals surface area contributed by atoms with E-state index in [1.54, 1.807) is 0 Å². The van der Waals surface area contributed by atoms with Crippen molar-refractivity contribution in [3.05, 3.63) is 35.9 Å². The molecule has 0 bridgehead atoms. The first-order chi connectivity index (χ1) is 9.21. The van der Waals surface area contributed by atoms with Gasteiger partial charge in [-0.3, -0.25) is 5.32 Å². The third-order valence-corrected chi connectivity index (χ3v) is 4.38. The molecule has 1 spiro atoms. The predicted molar refractivity (Wildman–Crippen MR) is 72.1 cm³/mol. The Morgan fingerprint density at radius 1 is 1.37 bits per heavy atom. The van der Waals surface area contributed by atoms with E-state index in [4.69, 9.17) is 0 Å². The minimum absolute atomic E-state index is 0.00664. The van der Waals surface area contributed by atoms with E-state index in [0.29, 0.717) is 13.1 Å². The third-order valence-electron chi connectivity index (χ3n) is 4.38. The summed E-state index contributed by atoms with van der Waals surface area (Å²) in [4.78, 5) is 12.8. The first-order valence-electron chi connectivity index (χ1n) is 6.70. The van der Waals surface area contributed by atoms with Gasteiger partial charge < -0.3 is 15.3 Å². The molecule has 1 aromatic rings. The molecule has 3 rings (SSSR count). The molecule has 5 nitrogen and oxygen atoms in total. The van der Waals surface area contributed by atoms with Crippen LogP contribution in [-0.2, 0) is 0 Å². The Labute approximate surface area is 112 Å². The van der Waals surface area contributed by atoms with Crippen molar-refractivity contribution >= 4 is 6.09 Å². The molecule has 2 atom stereocenters. The highest BCUT2D eigenvalue weighted by Crippen LogP contribution is 2.36. The van der Waals surface area contributed by atoms with E-state index < -0.39 is 6.09 Å². The van der Waals surface area contributed by atoms with Crippen molar-refractivity contribution in [2.75, 3.05) is 26.3 Å². The van der Waals surface area contributed by atoms with Gasteiger partial charge in [0.2, 0.25) is 0 Å². The van der Waals surface area contributed by atoms with Gasteiger partial charge in [0, 0.05) is 37.8 Å². The number of carboxylic acid groups (broad SMARTS) is 1. The highest BCUT2D eigenvalue weighted by atomic mass is 16.4. The summed E-state index contributed by atoms with van der Waals surface area (Å²) in [6, 6.07) is 10.2. The van der Waals surface area contributed by atoms with Crippen LogP contribution in [-0.4, -0.2) is 47.9 Å². The van der Waals surface area contributed by atoms with Crippen LogP contribution in [0.15, 0.2) is 30.3 Å². The third kappa shape index (κ3) is 2.19. The van der Waals surface area contributed by atoms with Crippen LogP contribution < -0.4 is 10.6 Å². The normalized spacial score (nSPS) is 30.7. The molecule has 102 valence electrons. The first-order valence-corrected chi connectivity index (χ1v) is 6.70. The zero-order valence-corrected chi connectivity index (χ0v) is 10.8. The molecule has 1 aromatic carbocycles. The maximum Gasteiger partial charge on any atom is 0.407 e. The van der Waals surface area contributed by atoms with Gasteiger partial charge in [-0.25, -0.2) is 4.79 Å². The lowest BCUT2D eigenvalue weighted by atomic mass is 9.74. The Morgan fingerprint density at radius 2 is 2.16 bits per heavy atom. The van der Waals surface area contributed by atoms with Crippen molar-refractivity contribution < 1.29 is 9.90 Å². The summed E-state index contributed by atoms with van der Waals surface area (Å²) < 4.78 is 0. The van der Waals surface area contributed by atoms with Crippen LogP contribution in [0.5, 0.6) is 0 Å². The van der Waals surface area contributed by atoms with Crippen LogP contribution in [0, 0.1) is 0 Å². The lowest BCUT2D eigenvalue weighted by Gasteiger charge is -2.45. The summed E-state index contributed by atoms with van der Waals surface area (Å²) in [5.74, 6) is 0.202. The number of nitrogens with zero attached hydrogens (tertiary/aromatic N) is 1. The average molecular weight is 261 g/mol. The van der Waals surface area contributed by atoms with Gasteiger partial charge in [0.15, 0.2) is 0 Å². The summed E-state index contributed by atoms with van der Waals surface area (Å²) in [5, 5.41) is 16.1. The Kier molecular flexibility index (Phi) is 3.16. The van der Waals surface area contributed by atoms with E-state index >= 15 is 0 Å². The van der Waals surface area contributed by atoms with Crippen LogP contribution in [0.25, 0.3) is 0 Å². The molecule has 1 amide bonds. The number of hydrogen-bond donors (Lipinski definition) is 3. The molecule has 3 N–H and O–H groups in total. The van der Waals surface area contributed by atoms with Gasteiger partial charge >= 0.3 is 6.09 Å². The summed E-state index contributed by atoms with van der Waals surface area (Å²) in [7, 11) is 0. The van der Waals surface area contributed by atoms with E-state index in [-0.39, 0.29) is 11.5 Å². The molecule has 2 fully saturated rings. The molecule has 0 saturated carbocycles. The quantitative estimate of drug-likeness (QED) is 0.707. The van der Waals surface area contributed by atoms with Crippen LogP contribution >= 0.6 is 0 Å². The zero-order valence-electron chi connectivity index (χ0n) is 10.8. The van der Waals surface area contributed by atoms with Gasteiger partial charge in [-0.05, 0) is 12.0 Å². The van der Waals surface area contributed by atoms with Crippen molar-refractivity contribution in [3.63, 3.8) is 0 Å². The van der Waals surface area contributed by atoms with Crippen molar-refractivity contribution in [1.29, 1.82) is 0 Å². The number of amides is 1. The average Bonchev–Trinajstić information content (AvgIpc) is 2.89. The fourth-order valence-corrected chi connectivity index (χ4v) is 3.29. The second-order valence-corrected chi connectivity index (χ2v) is 5.38. The maximum atomic E-state index is 11.2. The van der Waals surface area contributed by atoms with E-state index in [9.17, 15) is 9.90 Å². The van der Waals surface area contributed by atoms with Gasteiger partial charge in [-0.1, -0.05) is 30.3 Å². The smallest absolute Gasteiger partial charge is 0.407 e. The number of carbonyl (C=O) groups is 1. The number of hydrogen-bond acceptors (Lipinski definition) is 3. The molecule has 19 heavy (non-hydrogen) atoms. The Morgan fingerprint density at radius 3 is 2.79 bits per heavy atom. The summed E-state index contributed by atoms with van der Waals surface area (Å²) in [5.41, 5.74) is 1.21. The van der Waals surface area contributed by atoms with E-state index in [2.05, 4.69) is 22.8 Å². The maximum absolute atomic E-state index is 11.2. The standard InChI is InChI=1S/C14H19N3O2/c18-13(19)17-7-6-14(9-15-10-16-14)12(8-17)11-4-2-1-3-5-11/h1-5,12,15-16H,6-10H2,(H,18,19). The SMILES string of the molecule is O=C(O)N1CCC2(CNCN2)C(c2ccccc2)C1. The second-order valence-electron chi connectivity index (χ2n) is 5.38. The van der Waals surface area contributed by atoms with Crippen LogP contribution in [0.4, 0.5) is 4.79 Å². The summed E-state index contributed by atoms with van der Waals surface area (Å²) in [6.07, 6.45) is 0.0352. The molecule has 2 heterocycles. The summed E-state index contributed by atoms with van der Waals surface area (Å²) >= 11 is 0. The molecule has 0 radical (unpaired) electrons. The van der Waals surface area contributed by atoms with Crippen LogP contribution in [0.3, 0.4) is 0 Å². The van der Waals surface area contributed by atoms with Crippen molar-refractivity contribution in [1.82, 2.24) is 15.5 Å². The highest BCUT2D eigenvalue weighted by Gasteiger charge is 2.46. The van der Waals surface area contributed by atoms with E-state index in [1.807, 2.05) is 18.2 Å². The number of benzene rings is 1. The minimum atomic E-state index is -0.818. The molecule has 2 aliphatic rings. The Hall–Kier alpha value is -1.59. The molecular formula is C14H19N3O2. The largest absolute Gasteiger partial charge is 0.465 e. The monoisotopic (exact) mass is 261 g/mol. The lowest BCUT2D eigenvalue weighted by Crippen LogP contribution is -2.58. The molecule has 2 saturated heterocycles. The van der Waals surface area contributed by atoms with Gasteiger partial charge in [-0.15, -0.1) is 0 Å². The van der Waals surface area contributed by atoms with Crippen molar-refractivity contribution in [3.8, 4) is 0 Å². The molecule has 0 aliphatic carbocycles. The first kappa shape index (κ1) is 12.4. The Bertz CT molecular complexity index is 457. The van der Waals surface area contributed by atoms with Gasteiger partial charge in [0.05, 0.1) is 0 Å². The van der Waals surface area contributed by atoms with E-state index in [1.165, 1.54) is 10.5 Å². The number of rotatable bonds is 1. The van der Waals surface area contributed by atoms with Crippen LogP contribution in [0.1, 0.15) is 17.9 Å². The molecule has 2 aliphatic heterocycles. The molecular weight excluding hydrogens is 242 g/mol. The molecule has 5 heteroatoms. The molecule has 2 unspecified atom stereocenters. The molecule has 0 aromatic heterocycles. The minimum Gasteiger partial charge on any atom is -0.465 e. The second kappa shape index (κ2) is 4.83. The van der Waals surface area contributed by atoms with Crippen LogP contribution in [0.2, 0.25) is 0 Å². The van der Waals surface area contributed by atoms with E-state index in [0.717, 1.165) is 19.6 Å². The lowest BCUT2D eigenvalue weighted by molar-refractivity contribution is 0.102. The fourth-order valence-electron chi connectivity index (χ4n) is 3.29. The zero-order chi connectivity index (χ0) is 13.3. The highest BCUT2D eigenvalue weighted by molar-refractivity contribution is 5.65. The van der Waals surface area contributed by atoms with Crippen molar-refractivity contribution in [2.24, 2.45) is 0 Å². The number of nitrogens with one attached hydrogen (secondary N) is 2. The number of piperidine rings is 1. The Balaban J connectivity index is 1.91. The van der Waals surface area contributed by atoms with Gasteiger partial charge in [-0.2, -0.15) is 0 Å². The predicted octanol–water partition coefficient (Wildman–Crippen LogP) is 1.04. The van der Waals surface area contributed by atoms with Crippen molar-refractivity contribution in [2.45, 2.75) is 17.9 Å². The fraction of sp³-hybridized carbons (Fsp3) is 0.500. The topological polar surface area (TPSA) is 64.6 Å². The summed E-state index contributed by atoms with van der Waals surface area (Å²) in [6.45, 7) is 2.87.